The van der Waals surface area contributed by atoms with Crippen LogP contribution in [0.1, 0.15) is 32.8 Å². The highest BCUT2D eigenvalue weighted by Gasteiger charge is 2.28. The summed E-state index contributed by atoms with van der Waals surface area (Å²) in [5.41, 5.74) is 0.274. The summed E-state index contributed by atoms with van der Waals surface area (Å²) >= 11 is 5.96. The first-order valence-corrected chi connectivity index (χ1v) is 7.63. The summed E-state index contributed by atoms with van der Waals surface area (Å²) in [6.45, 7) is 7.34. The Hall–Kier alpha value is -1.59. The summed E-state index contributed by atoms with van der Waals surface area (Å²) < 4.78 is 0. The first-order valence-electron chi connectivity index (χ1n) is 7.25. The molecule has 0 unspecified atom stereocenters. The molecule has 2 amide bonds. The number of hydrogen-bond donors (Lipinski definition) is 3. The van der Waals surface area contributed by atoms with Crippen molar-refractivity contribution in [2.45, 2.75) is 39.7 Å². The Labute approximate surface area is 136 Å². The number of amides is 2. The molecule has 6 heteroatoms. The van der Waals surface area contributed by atoms with Crippen LogP contribution in [0.3, 0.4) is 0 Å². The van der Waals surface area contributed by atoms with E-state index in [9.17, 15) is 14.7 Å². The fourth-order valence-corrected chi connectivity index (χ4v) is 1.99. The number of rotatable bonds is 5. The van der Waals surface area contributed by atoms with Crippen molar-refractivity contribution < 1.29 is 14.7 Å². The van der Waals surface area contributed by atoms with Crippen LogP contribution in [-0.4, -0.2) is 29.1 Å². The molecule has 1 aromatic rings. The maximum Gasteiger partial charge on any atom is 0.313 e. The van der Waals surface area contributed by atoms with Gasteiger partial charge in [0.1, 0.15) is 0 Å². The van der Waals surface area contributed by atoms with Gasteiger partial charge in [0.05, 0.1) is 5.60 Å². The lowest BCUT2D eigenvalue weighted by atomic mass is 9.89. The predicted molar refractivity (Wildman–Crippen MR) is 87.9 cm³/mol. The minimum Gasteiger partial charge on any atom is -0.388 e. The summed E-state index contributed by atoms with van der Waals surface area (Å²) in [6.07, 6.45) is 0.775. The molecule has 22 heavy (non-hydrogen) atoms. The molecule has 0 fully saturated rings. The first-order chi connectivity index (χ1) is 10.2. The maximum atomic E-state index is 11.8. The Kier molecular flexibility index (Phi) is 6.38. The molecular weight excluding hydrogens is 304 g/mol. The number of nitrogens with one attached hydrogen (secondary N) is 2. The van der Waals surface area contributed by atoms with Crippen molar-refractivity contribution in [3.05, 3.63) is 28.8 Å². The summed E-state index contributed by atoms with van der Waals surface area (Å²) in [6, 6.07) is 5.00. The van der Waals surface area contributed by atoms with Crippen LogP contribution in [0.4, 0.5) is 5.69 Å². The molecule has 0 aliphatic heterocycles. The summed E-state index contributed by atoms with van der Waals surface area (Å²) in [7, 11) is 0. The normalized spacial score (nSPS) is 14.8. The molecule has 0 bridgehead atoms. The highest BCUT2D eigenvalue weighted by molar-refractivity contribution is 6.39. The molecule has 2 atom stereocenters. The molecule has 0 aromatic heterocycles. The molecule has 0 saturated heterocycles. The number of carbonyl (C=O) groups excluding carboxylic acids is 2. The highest BCUT2D eigenvalue weighted by Crippen LogP contribution is 2.20. The van der Waals surface area contributed by atoms with Crippen molar-refractivity contribution >= 4 is 29.1 Å². The Balaban J connectivity index is 2.59. The zero-order valence-electron chi connectivity index (χ0n) is 13.4. The molecule has 0 aliphatic rings. The smallest absolute Gasteiger partial charge is 0.313 e. The van der Waals surface area contributed by atoms with Gasteiger partial charge in [-0.1, -0.05) is 37.9 Å². The predicted octanol–water partition coefficient (Wildman–Crippen LogP) is 2.50. The van der Waals surface area contributed by atoms with E-state index in [0.29, 0.717) is 10.7 Å². The fraction of sp³-hybridized carbons (Fsp3) is 0.500. The zero-order chi connectivity index (χ0) is 16.9. The number of aliphatic hydroxyl groups is 1. The topological polar surface area (TPSA) is 78.4 Å². The Morgan fingerprint density at radius 3 is 2.55 bits per heavy atom. The summed E-state index contributed by atoms with van der Waals surface area (Å²) in [5, 5.41) is 15.6. The minimum atomic E-state index is -1.06. The largest absolute Gasteiger partial charge is 0.388 e. The minimum absolute atomic E-state index is 0.00627. The Bertz CT molecular complexity index is 558. The van der Waals surface area contributed by atoms with Crippen LogP contribution in [0.15, 0.2) is 18.2 Å². The molecule has 1 rings (SSSR count). The van der Waals surface area contributed by atoms with E-state index in [-0.39, 0.29) is 12.5 Å². The quantitative estimate of drug-likeness (QED) is 0.727. The third-order valence-corrected chi connectivity index (χ3v) is 4.32. The van der Waals surface area contributed by atoms with E-state index < -0.39 is 17.4 Å². The van der Waals surface area contributed by atoms with E-state index in [1.807, 2.05) is 20.8 Å². The van der Waals surface area contributed by atoms with Crippen LogP contribution in [0.2, 0.25) is 5.02 Å². The summed E-state index contributed by atoms with van der Waals surface area (Å²) in [5.74, 6) is -1.58. The molecule has 0 aliphatic carbocycles. The van der Waals surface area contributed by atoms with E-state index >= 15 is 0 Å². The van der Waals surface area contributed by atoms with Gasteiger partial charge in [0, 0.05) is 17.3 Å². The lowest BCUT2D eigenvalue weighted by Crippen LogP contribution is -2.47. The molecule has 0 radical (unpaired) electrons. The molecule has 0 saturated carbocycles. The van der Waals surface area contributed by atoms with Gasteiger partial charge in [-0.05, 0) is 37.5 Å². The standard InChI is InChI=1S/C16H23ClN2O3/c1-5-11(3)16(4,22)9-18-14(20)15(21)19-12-7-6-10(2)13(17)8-12/h6-8,11,22H,5,9H2,1-4H3,(H,18,20)(H,19,21)/t11-,16-/m1/s1. The average Bonchev–Trinajstić information content (AvgIpc) is 2.47. The fourth-order valence-electron chi connectivity index (χ4n) is 1.81. The first kappa shape index (κ1) is 18.5. The van der Waals surface area contributed by atoms with Gasteiger partial charge in [-0.25, -0.2) is 0 Å². The van der Waals surface area contributed by atoms with E-state index in [1.54, 1.807) is 25.1 Å². The van der Waals surface area contributed by atoms with Crippen molar-refractivity contribution in [1.29, 1.82) is 0 Å². The van der Waals surface area contributed by atoms with Gasteiger partial charge in [0.15, 0.2) is 0 Å². The second-order valence-corrected chi connectivity index (χ2v) is 6.17. The van der Waals surface area contributed by atoms with Crippen LogP contribution in [0.5, 0.6) is 0 Å². The van der Waals surface area contributed by atoms with Crippen LogP contribution in [0.25, 0.3) is 0 Å². The van der Waals surface area contributed by atoms with Crippen molar-refractivity contribution in [2.24, 2.45) is 5.92 Å². The third-order valence-electron chi connectivity index (χ3n) is 3.92. The van der Waals surface area contributed by atoms with Crippen molar-refractivity contribution in [3.63, 3.8) is 0 Å². The number of aryl methyl sites for hydroxylation is 1. The van der Waals surface area contributed by atoms with Gasteiger partial charge < -0.3 is 15.7 Å². The SMILES string of the molecule is CC[C@@H](C)[C@](C)(O)CNC(=O)C(=O)Nc1ccc(C)c(Cl)c1. The van der Waals surface area contributed by atoms with Crippen LogP contribution >= 0.6 is 11.6 Å². The van der Waals surface area contributed by atoms with E-state index in [2.05, 4.69) is 10.6 Å². The van der Waals surface area contributed by atoms with E-state index in [4.69, 9.17) is 11.6 Å². The number of carbonyl (C=O) groups is 2. The van der Waals surface area contributed by atoms with Crippen molar-refractivity contribution in [2.75, 3.05) is 11.9 Å². The van der Waals surface area contributed by atoms with Crippen molar-refractivity contribution in [1.82, 2.24) is 5.32 Å². The molecule has 1 aromatic carbocycles. The van der Waals surface area contributed by atoms with Gasteiger partial charge in [0.25, 0.3) is 0 Å². The molecule has 0 spiro atoms. The van der Waals surface area contributed by atoms with Gasteiger partial charge in [-0.15, -0.1) is 0 Å². The second-order valence-electron chi connectivity index (χ2n) is 5.77. The average molecular weight is 327 g/mol. The monoisotopic (exact) mass is 326 g/mol. The van der Waals surface area contributed by atoms with Crippen LogP contribution in [-0.2, 0) is 9.59 Å². The zero-order valence-corrected chi connectivity index (χ0v) is 14.1. The van der Waals surface area contributed by atoms with E-state index in [0.717, 1.165) is 12.0 Å². The van der Waals surface area contributed by atoms with Gasteiger partial charge in [0.2, 0.25) is 0 Å². The molecule has 122 valence electrons. The molecule has 0 heterocycles. The lowest BCUT2D eigenvalue weighted by Gasteiger charge is -2.29. The number of halogens is 1. The maximum absolute atomic E-state index is 11.8. The Morgan fingerprint density at radius 1 is 1.36 bits per heavy atom. The van der Waals surface area contributed by atoms with Crippen molar-refractivity contribution in [3.8, 4) is 0 Å². The van der Waals surface area contributed by atoms with Gasteiger partial charge in [-0.3, -0.25) is 9.59 Å². The highest BCUT2D eigenvalue weighted by atomic mass is 35.5. The van der Waals surface area contributed by atoms with Gasteiger partial charge >= 0.3 is 11.8 Å². The number of anilines is 1. The third kappa shape index (κ3) is 5.00. The molecule has 5 nitrogen and oxygen atoms in total. The van der Waals surface area contributed by atoms with Crippen LogP contribution in [0, 0.1) is 12.8 Å². The van der Waals surface area contributed by atoms with E-state index in [1.165, 1.54) is 0 Å². The lowest BCUT2D eigenvalue weighted by molar-refractivity contribution is -0.137. The van der Waals surface area contributed by atoms with Gasteiger partial charge in [-0.2, -0.15) is 0 Å². The second kappa shape index (κ2) is 7.61. The number of hydrogen-bond acceptors (Lipinski definition) is 3. The number of benzene rings is 1. The molecular formula is C16H23ClN2O3. The molecule has 3 N–H and O–H groups in total. The summed E-state index contributed by atoms with van der Waals surface area (Å²) in [4.78, 5) is 23.6. The van der Waals surface area contributed by atoms with Crippen LogP contribution < -0.4 is 10.6 Å². The Morgan fingerprint density at radius 2 is 2.00 bits per heavy atom.